The molecule has 0 radical (unpaired) electrons. The molecule has 4 heteroatoms. The second kappa shape index (κ2) is 6.87. The highest BCUT2D eigenvalue weighted by atomic mass is 35.5. The zero-order valence-electron chi connectivity index (χ0n) is 12.5. The molecular formula is C20H11ClN2O. The van der Waals surface area contributed by atoms with Crippen molar-refractivity contribution in [1.82, 2.24) is 0 Å². The van der Waals surface area contributed by atoms with E-state index in [-0.39, 0.29) is 0 Å². The van der Waals surface area contributed by atoms with Gasteiger partial charge in [0.15, 0.2) is 0 Å². The number of nitriles is 2. The van der Waals surface area contributed by atoms with Crippen LogP contribution in [-0.2, 0) is 0 Å². The van der Waals surface area contributed by atoms with E-state index in [0.717, 1.165) is 5.56 Å². The van der Waals surface area contributed by atoms with E-state index >= 15 is 0 Å². The lowest BCUT2D eigenvalue weighted by Crippen LogP contribution is -1.82. The molecule has 0 aliphatic carbocycles. The minimum Gasteiger partial charge on any atom is -0.457 e. The third-order valence-corrected chi connectivity index (χ3v) is 3.83. The summed E-state index contributed by atoms with van der Waals surface area (Å²) in [7, 11) is 0. The second-order valence-corrected chi connectivity index (χ2v) is 5.45. The minimum absolute atomic E-state index is 0.432. The van der Waals surface area contributed by atoms with Gasteiger partial charge in [-0.05, 0) is 48.5 Å². The molecule has 0 atom stereocenters. The molecule has 1 aromatic heterocycles. The molecule has 24 heavy (non-hydrogen) atoms. The maximum Gasteiger partial charge on any atom is 0.134 e. The number of nitrogens with zero attached hydrogens (tertiary/aromatic N) is 2. The summed E-state index contributed by atoms with van der Waals surface area (Å²) in [6.45, 7) is 0. The maximum absolute atomic E-state index is 9.40. The number of halogens is 1. The van der Waals surface area contributed by atoms with Gasteiger partial charge in [0.2, 0.25) is 0 Å². The van der Waals surface area contributed by atoms with Crippen molar-refractivity contribution in [3.05, 3.63) is 82.6 Å². The zero-order chi connectivity index (χ0) is 16.9. The third kappa shape index (κ3) is 3.22. The molecule has 0 amide bonds. The predicted octanol–water partition coefficient (Wildman–Crippen LogP) is 5.54. The number of rotatable bonds is 3. The van der Waals surface area contributed by atoms with Crippen LogP contribution >= 0.6 is 11.6 Å². The number of benzene rings is 2. The third-order valence-electron chi connectivity index (χ3n) is 3.50. The van der Waals surface area contributed by atoms with E-state index in [4.69, 9.17) is 21.3 Å². The largest absolute Gasteiger partial charge is 0.457 e. The van der Waals surface area contributed by atoms with Gasteiger partial charge in [-0.3, -0.25) is 0 Å². The first-order chi connectivity index (χ1) is 11.7. The fourth-order valence-electron chi connectivity index (χ4n) is 2.29. The van der Waals surface area contributed by atoms with Crippen molar-refractivity contribution in [3.8, 4) is 23.5 Å². The molecule has 3 nitrogen and oxygen atoms in total. The molecule has 3 aromatic rings. The summed E-state index contributed by atoms with van der Waals surface area (Å²) in [6.07, 6.45) is 1.66. The first-order valence-corrected chi connectivity index (χ1v) is 7.56. The molecule has 0 aliphatic heterocycles. The Morgan fingerprint density at radius 1 is 0.958 bits per heavy atom. The summed E-state index contributed by atoms with van der Waals surface area (Å²) in [5.41, 5.74) is 2.56. The van der Waals surface area contributed by atoms with Crippen molar-refractivity contribution in [2.45, 2.75) is 0 Å². The fourth-order valence-corrected chi connectivity index (χ4v) is 2.52. The lowest BCUT2D eigenvalue weighted by molar-refractivity contribution is 0.572. The molecule has 114 valence electrons. The monoisotopic (exact) mass is 330 g/mol. The van der Waals surface area contributed by atoms with E-state index in [1.807, 2.05) is 30.3 Å². The van der Waals surface area contributed by atoms with Gasteiger partial charge in [-0.1, -0.05) is 29.8 Å². The Morgan fingerprint density at radius 2 is 1.71 bits per heavy atom. The molecule has 0 bridgehead atoms. The molecule has 3 rings (SSSR count). The highest BCUT2D eigenvalue weighted by molar-refractivity contribution is 6.32. The minimum atomic E-state index is 0.432. The van der Waals surface area contributed by atoms with Crippen molar-refractivity contribution in [3.63, 3.8) is 0 Å². The topological polar surface area (TPSA) is 60.7 Å². The fraction of sp³-hybridized carbons (Fsp3) is 0. The first-order valence-electron chi connectivity index (χ1n) is 7.18. The van der Waals surface area contributed by atoms with Crippen molar-refractivity contribution < 1.29 is 4.42 Å². The number of hydrogen-bond donors (Lipinski definition) is 0. The quantitative estimate of drug-likeness (QED) is 0.593. The van der Waals surface area contributed by atoms with Crippen LogP contribution in [0, 0.1) is 22.7 Å². The molecule has 2 aromatic carbocycles. The zero-order valence-corrected chi connectivity index (χ0v) is 13.3. The van der Waals surface area contributed by atoms with Gasteiger partial charge in [0.05, 0.1) is 23.3 Å². The summed E-state index contributed by atoms with van der Waals surface area (Å²) < 4.78 is 5.78. The SMILES string of the molecule is N#CC(=Cc1ccc(-c2ccc(C#N)cc2)o1)c1ccccc1Cl. The van der Waals surface area contributed by atoms with Gasteiger partial charge >= 0.3 is 0 Å². The Balaban J connectivity index is 1.94. The highest BCUT2D eigenvalue weighted by Crippen LogP contribution is 2.28. The van der Waals surface area contributed by atoms with Crippen LogP contribution in [0.5, 0.6) is 0 Å². The molecule has 0 fully saturated rings. The Morgan fingerprint density at radius 3 is 2.38 bits per heavy atom. The van der Waals surface area contributed by atoms with Crippen LogP contribution in [0.15, 0.2) is 65.1 Å². The number of hydrogen-bond acceptors (Lipinski definition) is 3. The molecule has 0 saturated heterocycles. The summed E-state index contributed by atoms with van der Waals surface area (Å²) in [5, 5.41) is 18.8. The van der Waals surface area contributed by atoms with Crippen LogP contribution in [0.3, 0.4) is 0 Å². The van der Waals surface area contributed by atoms with E-state index in [2.05, 4.69) is 12.1 Å². The van der Waals surface area contributed by atoms with E-state index < -0.39 is 0 Å². The first kappa shape index (κ1) is 15.6. The molecular weight excluding hydrogens is 320 g/mol. The molecule has 1 heterocycles. The highest BCUT2D eigenvalue weighted by Gasteiger charge is 2.08. The summed E-state index contributed by atoms with van der Waals surface area (Å²) in [4.78, 5) is 0. The second-order valence-electron chi connectivity index (χ2n) is 5.04. The van der Waals surface area contributed by atoms with Crippen LogP contribution in [0.2, 0.25) is 5.02 Å². The van der Waals surface area contributed by atoms with Crippen molar-refractivity contribution >= 4 is 23.3 Å². The van der Waals surface area contributed by atoms with Crippen LogP contribution in [0.25, 0.3) is 23.0 Å². The van der Waals surface area contributed by atoms with Crippen LogP contribution in [-0.4, -0.2) is 0 Å². The lowest BCUT2D eigenvalue weighted by Gasteiger charge is -2.01. The van der Waals surface area contributed by atoms with Gasteiger partial charge in [0.1, 0.15) is 11.5 Å². The van der Waals surface area contributed by atoms with Gasteiger partial charge in [-0.2, -0.15) is 10.5 Å². The smallest absolute Gasteiger partial charge is 0.134 e. The summed E-state index contributed by atoms with van der Waals surface area (Å²) in [5.74, 6) is 1.23. The Kier molecular flexibility index (Phi) is 4.47. The van der Waals surface area contributed by atoms with Gasteiger partial charge in [-0.15, -0.1) is 0 Å². The van der Waals surface area contributed by atoms with Crippen LogP contribution in [0.4, 0.5) is 0 Å². The molecule has 0 aliphatic rings. The summed E-state index contributed by atoms with van der Waals surface area (Å²) >= 11 is 6.14. The van der Waals surface area contributed by atoms with Crippen molar-refractivity contribution in [1.29, 1.82) is 10.5 Å². The van der Waals surface area contributed by atoms with Crippen LogP contribution in [0.1, 0.15) is 16.9 Å². The number of allylic oxidation sites excluding steroid dienone is 1. The Hall–Kier alpha value is -3.27. The number of furan rings is 1. The predicted molar refractivity (Wildman–Crippen MR) is 93.8 cm³/mol. The molecule has 0 unspecified atom stereocenters. The molecule has 0 saturated carbocycles. The van der Waals surface area contributed by atoms with Crippen molar-refractivity contribution in [2.24, 2.45) is 0 Å². The van der Waals surface area contributed by atoms with Gasteiger partial charge in [-0.25, -0.2) is 0 Å². The van der Waals surface area contributed by atoms with Gasteiger partial charge in [0.25, 0.3) is 0 Å². The van der Waals surface area contributed by atoms with Crippen LogP contribution < -0.4 is 0 Å². The molecule has 0 N–H and O–H groups in total. The maximum atomic E-state index is 9.40. The Bertz CT molecular complexity index is 985. The Labute approximate surface area is 144 Å². The van der Waals surface area contributed by atoms with E-state index in [0.29, 0.717) is 33.2 Å². The average molecular weight is 331 g/mol. The van der Waals surface area contributed by atoms with E-state index in [1.54, 1.807) is 36.4 Å². The molecule has 0 spiro atoms. The van der Waals surface area contributed by atoms with Gasteiger partial charge < -0.3 is 4.42 Å². The average Bonchev–Trinajstić information content (AvgIpc) is 3.09. The van der Waals surface area contributed by atoms with Gasteiger partial charge in [0, 0.05) is 16.1 Å². The standard InChI is InChI=1S/C20H11ClN2O/c21-19-4-2-1-3-18(19)16(13-23)11-17-9-10-20(24-17)15-7-5-14(12-22)6-8-15/h1-11H. The van der Waals surface area contributed by atoms with E-state index in [9.17, 15) is 5.26 Å². The van der Waals surface area contributed by atoms with E-state index in [1.165, 1.54) is 0 Å². The lowest BCUT2D eigenvalue weighted by atomic mass is 10.1. The summed E-state index contributed by atoms with van der Waals surface area (Å²) in [6, 6.07) is 22.2. The normalized spacial score (nSPS) is 10.9. The van der Waals surface area contributed by atoms with Crippen molar-refractivity contribution in [2.75, 3.05) is 0 Å².